The second-order valence-electron chi connectivity index (χ2n) is 4.41. The molecule has 0 atom stereocenters. The molecule has 0 unspecified atom stereocenters. The Balaban J connectivity index is 1.78. The minimum atomic E-state index is -0.143. The van der Waals surface area contributed by atoms with Gasteiger partial charge in [0.25, 0.3) is 0 Å². The van der Waals surface area contributed by atoms with E-state index in [-0.39, 0.29) is 18.9 Å². The van der Waals surface area contributed by atoms with E-state index in [0.717, 1.165) is 5.56 Å². The van der Waals surface area contributed by atoms with Gasteiger partial charge in [-0.15, -0.1) is 0 Å². The molecule has 1 aromatic carbocycles. The highest BCUT2D eigenvalue weighted by atomic mass is 16.5. The number of nitrogens with one attached hydrogen (secondary N) is 1. The highest BCUT2D eigenvalue weighted by Crippen LogP contribution is 2.19. The fourth-order valence-corrected chi connectivity index (χ4v) is 1.61. The quantitative estimate of drug-likeness (QED) is 0.818. The Labute approximate surface area is 117 Å². The minimum absolute atomic E-state index is 0.143. The standard InChI is InChI=1S/C15H17N3O2/c1-11-6-7-14(17-10-11)18-15(19)8-9-20-13-5-3-2-4-12(13)16/h2-7,10H,8-9,16H2,1H3,(H,17,18,19). The molecule has 1 heterocycles. The molecule has 0 bridgehead atoms. The summed E-state index contributed by atoms with van der Waals surface area (Å²) in [5.74, 6) is 0.990. The molecular formula is C15H17N3O2. The van der Waals surface area contributed by atoms with Gasteiger partial charge in [-0.05, 0) is 30.7 Å². The van der Waals surface area contributed by atoms with Crippen LogP contribution >= 0.6 is 0 Å². The van der Waals surface area contributed by atoms with Crippen LogP contribution in [0.25, 0.3) is 0 Å². The molecule has 1 aromatic heterocycles. The number of hydrogen-bond acceptors (Lipinski definition) is 4. The van der Waals surface area contributed by atoms with Crippen molar-refractivity contribution >= 4 is 17.4 Å². The van der Waals surface area contributed by atoms with Crippen LogP contribution in [0.2, 0.25) is 0 Å². The van der Waals surface area contributed by atoms with Crippen molar-refractivity contribution in [2.45, 2.75) is 13.3 Å². The molecule has 0 fully saturated rings. The highest BCUT2D eigenvalue weighted by molar-refractivity contribution is 5.89. The summed E-state index contributed by atoms with van der Waals surface area (Å²) >= 11 is 0. The fourth-order valence-electron chi connectivity index (χ4n) is 1.61. The maximum atomic E-state index is 11.7. The minimum Gasteiger partial charge on any atom is -0.491 e. The number of hydrogen-bond donors (Lipinski definition) is 2. The van der Waals surface area contributed by atoms with Crippen molar-refractivity contribution in [1.29, 1.82) is 0 Å². The van der Waals surface area contributed by atoms with Crippen LogP contribution in [-0.4, -0.2) is 17.5 Å². The summed E-state index contributed by atoms with van der Waals surface area (Å²) in [6, 6.07) is 10.9. The van der Waals surface area contributed by atoms with Crippen LogP contribution < -0.4 is 15.8 Å². The molecule has 1 amide bonds. The lowest BCUT2D eigenvalue weighted by Gasteiger charge is -2.08. The summed E-state index contributed by atoms with van der Waals surface area (Å²) in [6.07, 6.45) is 1.95. The Morgan fingerprint density at radius 2 is 2.10 bits per heavy atom. The first-order valence-electron chi connectivity index (χ1n) is 6.35. The molecule has 5 nitrogen and oxygen atoms in total. The number of nitrogens with zero attached hydrogens (tertiary/aromatic N) is 1. The number of nitrogen functional groups attached to an aromatic ring is 1. The van der Waals surface area contributed by atoms with Crippen LogP contribution in [0.3, 0.4) is 0 Å². The number of aryl methyl sites for hydroxylation is 1. The van der Waals surface area contributed by atoms with E-state index in [2.05, 4.69) is 10.3 Å². The van der Waals surface area contributed by atoms with E-state index >= 15 is 0 Å². The molecule has 2 aromatic rings. The Morgan fingerprint density at radius 1 is 1.30 bits per heavy atom. The zero-order valence-corrected chi connectivity index (χ0v) is 11.3. The number of rotatable bonds is 5. The average Bonchev–Trinajstić information content (AvgIpc) is 2.43. The van der Waals surface area contributed by atoms with Gasteiger partial charge < -0.3 is 15.8 Å². The summed E-state index contributed by atoms with van der Waals surface area (Å²) in [5, 5.41) is 2.71. The third-order valence-corrected chi connectivity index (χ3v) is 2.68. The SMILES string of the molecule is Cc1ccc(NC(=O)CCOc2ccccc2N)nc1. The predicted octanol–water partition coefficient (Wildman–Crippen LogP) is 2.38. The van der Waals surface area contributed by atoms with Gasteiger partial charge in [0.05, 0.1) is 18.7 Å². The number of benzene rings is 1. The zero-order valence-electron chi connectivity index (χ0n) is 11.3. The van der Waals surface area contributed by atoms with Gasteiger partial charge in [0.2, 0.25) is 5.91 Å². The molecule has 20 heavy (non-hydrogen) atoms. The van der Waals surface area contributed by atoms with Gasteiger partial charge in [-0.2, -0.15) is 0 Å². The van der Waals surface area contributed by atoms with Crippen molar-refractivity contribution in [3.8, 4) is 5.75 Å². The van der Waals surface area contributed by atoms with Gasteiger partial charge in [0.15, 0.2) is 0 Å². The molecule has 0 radical (unpaired) electrons. The third kappa shape index (κ3) is 3.98. The maximum absolute atomic E-state index is 11.7. The number of anilines is 2. The molecule has 2 rings (SSSR count). The van der Waals surface area contributed by atoms with Gasteiger partial charge in [-0.25, -0.2) is 4.98 Å². The second kappa shape index (κ2) is 6.56. The van der Waals surface area contributed by atoms with Crippen molar-refractivity contribution in [3.63, 3.8) is 0 Å². The molecule has 0 aliphatic heterocycles. The summed E-state index contributed by atoms with van der Waals surface area (Å²) in [5.41, 5.74) is 7.35. The van der Waals surface area contributed by atoms with Crippen LogP contribution in [-0.2, 0) is 4.79 Å². The van der Waals surface area contributed by atoms with Gasteiger partial charge in [0.1, 0.15) is 11.6 Å². The van der Waals surface area contributed by atoms with Crippen molar-refractivity contribution in [1.82, 2.24) is 4.98 Å². The van der Waals surface area contributed by atoms with Crippen molar-refractivity contribution in [2.75, 3.05) is 17.7 Å². The molecular weight excluding hydrogens is 254 g/mol. The monoisotopic (exact) mass is 271 g/mol. The van der Waals surface area contributed by atoms with E-state index in [9.17, 15) is 4.79 Å². The number of aromatic nitrogens is 1. The summed E-state index contributed by atoms with van der Waals surface area (Å²) in [4.78, 5) is 15.8. The topological polar surface area (TPSA) is 77.2 Å². The molecule has 5 heteroatoms. The van der Waals surface area contributed by atoms with Gasteiger partial charge in [0, 0.05) is 6.20 Å². The van der Waals surface area contributed by atoms with E-state index in [1.54, 1.807) is 24.4 Å². The first-order chi connectivity index (χ1) is 9.65. The Kier molecular flexibility index (Phi) is 4.55. The summed E-state index contributed by atoms with van der Waals surface area (Å²) in [7, 11) is 0. The molecule has 0 saturated heterocycles. The first-order valence-corrected chi connectivity index (χ1v) is 6.35. The van der Waals surface area contributed by atoms with Gasteiger partial charge in [-0.3, -0.25) is 4.79 Å². The lowest BCUT2D eigenvalue weighted by molar-refractivity contribution is -0.116. The normalized spacial score (nSPS) is 10.1. The van der Waals surface area contributed by atoms with Crippen LogP contribution in [0.4, 0.5) is 11.5 Å². The van der Waals surface area contributed by atoms with E-state index in [4.69, 9.17) is 10.5 Å². The van der Waals surface area contributed by atoms with E-state index in [0.29, 0.717) is 17.3 Å². The Morgan fingerprint density at radius 3 is 2.80 bits per heavy atom. The fraction of sp³-hybridized carbons (Fsp3) is 0.200. The molecule has 0 spiro atoms. The highest BCUT2D eigenvalue weighted by Gasteiger charge is 2.04. The average molecular weight is 271 g/mol. The maximum Gasteiger partial charge on any atom is 0.228 e. The lowest BCUT2D eigenvalue weighted by atomic mass is 10.3. The third-order valence-electron chi connectivity index (χ3n) is 2.68. The zero-order chi connectivity index (χ0) is 14.4. The molecule has 104 valence electrons. The largest absolute Gasteiger partial charge is 0.491 e. The van der Waals surface area contributed by atoms with Crippen LogP contribution in [0.15, 0.2) is 42.6 Å². The van der Waals surface area contributed by atoms with Gasteiger partial charge >= 0.3 is 0 Å². The van der Waals surface area contributed by atoms with Crippen molar-refractivity contribution in [3.05, 3.63) is 48.2 Å². The smallest absolute Gasteiger partial charge is 0.228 e. The first kappa shape index (κ1) is 13.9. The molecule has 3 N–H and O–H groups in total. The Hall–Kier alpha value is -2.56. The van der Waals surface area contributed by atoms with Crippen LogP contribution in [0, 0.1) is 6.92 Å². The summed E-state index contributed by atoms with van der Waals surface area (Å²) < 4.78 is 5.46. The second-order valence-corrected chi connectivity index (χ2v) is 4.41. The predicted molar refractivity (Wildman–Crippen MR) is 78.6 cm³/mol. The van der Waals surface area contributed by atoms with E-state index in [1.165, 1.54) is 0 Å². The number of amides is 1. The number of nitrogens with two attached hydrogens (primary N) is 1. The number of ether oxygens (including phenoxy) is 1. The lowest BCUT2D eigenvalue weighted by Crippen LogP contribution is -2.16. The summed E-state index contributed by atoms with van der Waals surface area (Å²) in [6.45, 7) is 2.21. The number of para-hydroxylation sites is 2. The van der Waals surface area contributed by atoms with Crippen LogP contribution in [0.1, 0.15) is 12.0 Å². The van der Waals surface area contributed by atoms with E-state index < -0.39 is 0 Å². The number of carbonyl (C=O) groups is 1. The Bertz CT molecular complexity index is 582. The van der Waals surface area contributed by atoms with Crippen molar-refractivity contribution < 1.29 is 9.53 Å². The van der Waals surface area contributed by atoms with E-state index in [1.807, 2.05) is 25.1 Å². The molecule has 0 aliphatic carbocycles. The van der Waals surface area contributed by atoms with Crippen LogP contribution in [0.5, 0.6) is 5.75 Å². The number of carbonyl (C=O) groups excluding carboxylic acids is 1. The molecule has 0 saturated carbocycles. The van der Waals surface area contributed by atoms with Gasteiger partial charge in [-0.1, -0.05) is 18.2 Å². The molecule has 0 aliphatic rings. The van der Waals surface area contributed by atoms with Crippen molar-refractivity contribution in [2.24, 2.45) is 0 Å². The number of pyridine rings is 1.